The maximum Gasteiger partial charge on any atom is 0.295 e. The van der Waals surface area contributed by atoms with E-state index in [1.807, 2.05) is 13.8 Å². The zero-order chi connectivity index (χ0) is 14.5. The van der Waals surface area contributed by atoms with Gasteiger partial charge in [0.25, 0.3) is 11.7 Å². The van der Waals surface area contributed by atoms with Gasteiger partial charge >= 0.3 is 0 Å². The van der Waals surface area contributed by atoms with Crippen molar-refractivity contribution < 1.29 is 14.1 Å². The van der Waals surface area contributed by atoms with E-state index in [-0.39, 0.29) is 23.8 Å². The van der Waals surface area contributed by atoms with Gasteiger partial charge in [0.2, 0.25) is 5.89 Å². The predicted octanol–water partition coefficient (Wildman–Crippen LogP) is 0.991. The number of rotatable bonds is 6. The number of amides is 1. The second kappa shape index (κ2) is 6.81. The topological polar surface area (TPSA) is 80.5 Å². The summed E-state index contributed by atoms with van der Waals surface area (Å²) in [6.07, 6.45) is 2.05. The number of nitrogens with one attached hydrogen (secondary N) is 1. The largest absolute Gasteiger partial charge is 0.383 e. The molecule has 2 atom stereocenters. The Hall–Kier alpha value is -1.47. The summed E-state index contributed by atoms with van der Waals surface area (Å²) in [5.41, 5.74) is 0. The number of hydrogen-bond donors (Lipinski definition) is 1. The fourth-order valence-electron chi connectivity index (χ4n) is 2.47. The molecule has 112 valence electrons. The van der Waals surface area contributed by atoms with Crippen molar-refractivity contribution in [3.05, 3.63) is 11.7 Å². The van der Waals surface area contributed by atoms with Gasteiger partial charge < -0.3 is 19.5 Å². The van der Waals surface area contributed by atoms with Crippen LogP contribution in [0.2, 0.25) is 0 Å². The number of likely N-dealkylation sites (N-methyl/N-ethyl adjacent to an activating group) is 1. The second-order valence-corrected chi connectivity index (χ2v) is 5.00. The molecular weight excluding hydrogens is 260 g/mol. The third kappa shape index (κ3) is 3.16. The van der Waals surface area contributed by atoms with Crippen LogP contribution in [-0.2, 0) is 4.74 Å². The van der Waals surface area contributed by atoms with Crippen LogP contribution in [0.25, 0.3) is 0 Å². The van der Waals surface area contributed by atoms with Crippen LogP contribution < -0.4 is 5.32 Å². The summed E-state index contributed by atoms with van der Waals surface area (Å²) in [7, 11) is 1.62. The number of carbonyl (C=O) groups excluding carboxylic acids is 1. The lowest BCUT2D eigenvalue weighted by molar-refractivity contribution is 0.0564. The lowest BCUT2D eigenvalue weighted by Gasteiger charge is -2.26. The highest BCUT2D eigenvalue weighted by Crippen LogP contribution is 2.21. The number of methoxy groups -OCH3 is 1. The van der Waals surface area contributed by atoms with Crippen LogP contribution in [0.4, 0.5) is 0 Å². The highest BCUT2D eigenvalue weighted by molar-refractivity contribution is 5.90. The van der Waals surface area contributed by atoms with Crippen LogP contribution in [0.3, 0.4) is 0 Å². The van der Waals surface area contributed by atoms with Gasteiger partial charge in [-0.05, 0) is 33.2 Å². The molecule has 0 saturated carbocycles. The molecule has 0 aromatic carbocycles. The molecule has 1 fully saturated rings. The number of aromatic nitrogens is 2. The Balaban J connectivity index is 2.07. The number of ether oxygens (including phenoxy) is 1. The van der Waals surface area contributed by atoms with Crippen molar-refractivity contribution in [2.75, 3.05) is 26.8 Å². The number of nitrogens with zero attached hydrogens (tertiary/aromatic N) is 3. The number of hydrogen-bond acceptors (Lipinski definition) is 6. The smallest absolute Gasteiger partial charge is 0.295 e. The molecule has 7 heteroatoms. The number of carbonyl (C=O) groups is 1. The quantitative estimate of drug-likeness (QED) is 0.838. The average Bonchev–Trinajstić information content (AvgIpc) is 3.11. The minimum atomic E-state index is -0.218. The van der Waals surface area contributed by atoms with E-state index in [2.05, 4.69) is 15.5 Å². The van der Waals surface area contributed by atoms with E-state index >= 15 is 0 Å². The molecule has 2 rings (SSSR count). The minimum absolute atomic E-state index is 0.0240. The maximum absolute atomic E-state index is 12.4. The standard InChI is InChI=1S/C13H22N4O3/c1-4-17(9(2)8-19-3)13(18)11-15-12(20-16-11)10-6-5-7-14-10/h9-10,14H,4-8H2,1-3H3. The van der Waals surface area contributed by atoms with E-state index in [1.165, 1.54) is 0 Å². The van der Waals surface area contributed by atoms with Crippen LogP contribution in [0, 0.1) is 0 Å². The summed E-state index contributed by atoms with van der Waals surface area (Å²) < 4.78 is 10.3. The first-order chi connectivity index (χ1) is 9.67. The summed E-state index contributed by atoms with van der Waals surface area (Å²) in [6.45, 7) is 5.86. The molecule has 0 radical (unpaired) electrons. The van der Waals surface area contributed by atoms with Crippen molar-refractivity contribution in [1.82, 2.24) is 20.4 Å². The van der Waals surface area contributed by atoms with Crippen molar-refractivity contribution in [3.63, 3.8) is 0 Å². The fraction of sp³-hybridized carbons (Fsp3) is 0.769. The van der Waals surface area contributed by atoms with Gasteiger partial charge in [0, 0.05) is 13.7 Å². The van der Waals surface area contributed by atoms with E-state index in [1.54, 1.807) is 12.0 Å². The van der Waals surface area contributed by atoms with E-state index in [9.17, 15) is 4.79 Å². The van der Waals surface area contributed by atoms with Crippen LogP contribution in [0.5, 0.6) is 0 Å². The molecule has 2 unspecified atom stereocenters. The molecule has 1 aliphatic heterocycles. The molecule has 1 aromatic rings. The van der Waals surface area contributed by atoms with Crippen molar-refractivity contribution >= 4 is 5.91 Å². The average molecular weight is 282 g/mol. The highest BCUT2D eigenvalue weighted by atomic mass is 16.5. The monoisotopic (exact) mass is 282 g/mol. The molecular formula is C13H22N4O3. The van der Waals surface area contributed by atoms with Crippen LogP contribution in [-0.4, -0.2) is 53.8 Å². The first-order valence-corrected chi connectivity index (χ1v) is 7.04. The van der Waals surface area contributed by atoms with Crippen molar-refractivity contribution in [2.24, 2.45) is 0 Å². The van der Waals surface area contributed by atoms with E-state index in [0.717, 1.165) is 19.4 Å². The third-order valence-electron chi connectivity index (χ3n) is 3.53. The lowest BCUT2D eigenvalue weighted by atomic mass is 10.2. The minimum Gasteiger partial charge on any atom is -0.383 e. The fourth-order valence-corrected chi connectivity index (χ4v) is 2.47. The van der Waals surface area contributed by atoms with Crippen LogP contribution in [0.15, 0.2) is 4.52 Å². The first kappa shape index (κ1) is 14.9. The zero-order valence-corrected chi connectivity index (χ0v) is 12.3. The third-order valence-corrected chi connectivity index (χ3v) is 3.53. The van der Waals surface area contributed by atoms with Crippen LogP contribution in [0.1, 0.15) is 49.2 Å². The van der Waals surface area contributed by atoms with Crippen molar-refractivity contribution in [1.29, 1.82) is 0 Å². The van der Waals surface area contributed by atoms with Gasteiger partial charge in [-0.1, -0.05) is 5.16 Å². The molecule has 20 heavy (non-hydrogen) atoms. The van der Waals surface area contributed by atoms with Crippen molar-refractivity contribution in [3.8, 4) is 0 Å². The Labute approximate surface area is 118 Å². The summed E-state index contributed by atoms with van der Waals surface area (Å²) in [6, 6.07) is 0.0552. The van der Waals surface area contributed by atoms with Gasteiger partial charge in [0.15, 0.2) is 0 Å². The Kier molecular flexibility index (Phi) is 5.08. The first-order valence-electron chi connectivity index (χ1n) is 7.04. The molecule has 1 aromatic heterocycles. The van der Waals surface area contributed by atoms with E-state index in [0.29, 0.717) is 19.0 Å². The Bertz CT molecular complexity index is 443. The Morgan fingerprint density at radius 3 is 3.05 bits per heavy atom. The van der Waals surface area contributed by atoms with Gasteiger partial charge in [-0.15, -0.1) is 0 Å². The van der Waals surface area contributed by atoms with Gasteiger partial charge in [0.1, 0.15) is 0 Å². The summed E-state index contributed by atoms with van der Waals surface area (Å²) in [5.74, 6) is 0.407. The maximum atomic E-state index is 12.4. The summed E-state index contributed by atoms with van der Waals surface area (Å²) in [5, 5.41) is 7.08. The van der Waals surface area contributed by atoms with Gasteiger partial charge in [0.05, 0.1) is 18.7 Å². The second-order valence-electron chi connectivity index (χ2n) is 5.00. The molecule has 7 nitrogen and oxygen atoms in total. The molecule has 0 bridgehead atoms. The molecule has 0 aliphatic carbocycles. The SMILES string of the molecule is CCN(C(=O)c1noc(C2CCCN2)n1)C(C)COC. The molecule has 1 saturated heterocycles. The zero-order valence-electron chi connectivity index (χ0n) is 12.3. The van der Waals surface area contributed by atoms with E-state index < -0.39 is 0 Å². The highest BCUT2D eigenvalue weighted by Gasteiger charge is 2.27. The summed E-state index contributed by atoms with van der Waals surface area (Å²) in [4.78, 5) is 18.3. The molecule has 0 spiro atoms. The molecule has 2 heterocycles. The Morgan fingerprint density at radius 1 is 1.65 bits per heavy atom. The molecule has 1 aliphatic rings. The van der Waals surface area contributed by atoms with Gasteiger partial charge in [-0.2, -0.15) is 4.98 Å². The summed E-state index contributed by atoms with van der Waals surface area (Å²) >= 11 is 0. The van der Waals surface area contributed by atoms with E-state index in [4.69, 9.17) is 9.26 Å². The molecule has 1 N–H and O–H groups in total. The van der Waals surface area contributed by atoms with Crippen molar-refractivity contribution in [2.45, 2.75) is 38.8 Å². The van der Waals surface area contributed by atoms with Crippen LogP contribution >= 0.6 is 0 Å². The van der Waals surface area contributed by atoms with Gasteiger partial charge in [-0.25, -0.2) is 0 Å². The lowest BCUT2D eigenvalue weighted by Crippen LogP contribution is -2.41. The predicted molar refractivity (Wildman–Crippen MR) is 72.3 cm³/mol. The molecule has 1 amide bonds. The van der Waals surface area contributed by atoms with Gasteiger partial charge in [-0.3, -0.25) is 4.79 Å². The normalized spacial score (nSPS) is 20.1. The Morgan fingerprint density at radius 2 is 2.45 bits per heavy atom.